The number of aromatic nitrogens is 6. The van der Waals surface area contributed by atoms with Gasteiger partial charge in [-0.1, -0.05) is 0 Å². The van der Waals surface area contributed by atoms with E-state index in [-0.39, 0.29) is 12.6 Å². The minimum absolute atomic E-state index is 0.105. The molecule has 5 heterocycles. The smallest absolute Gasteiger partial charge is 0.243 e. The van der Waals surface area contributed by atoms with Gasteiger partial charge in [-0.3, -0.25) is 5.10 Å². The lowest BCUT2D eigenvalue weighted by Crippen LogP contribution is -2.39. The molecule has 0 spiro atoms. The first-order valence-electron chi connectivity index (χ1n) is 9.70. The van der Waals surface area contributed by atoms with Crippen LogP contribution in [-0.2, 0) is 4.74 Å². The summed E-state index contributed by atoms with van der Waals surface area (Å²) in [5.74, 6) is 0.411. The molecule has 0 aliphatic carbocycles. The number of nitrogens with one attached hydrogen (secondary N) is 2. The highest BCUT2D eigenvalue weighted by molar-refractivity contribution is 5.85. The predicted octanol–water partition coefficient (Wildman–Crippen LogP) is 2.04. The van der Waals surface area contributed by atoms with E-state index in [1.165, 1.54) is 0 Å². The van der Waals surface area contributed by atoms with E-state index in [0.717, 1.165) is 36.3 Å². The normalized spacial score (nSPS) is 25.5. The summed E-state index contributed by atoms with van der Waals surface area (Å²) in [5, 5.41) is 14.6. The van der Waals surface area contributed by atoms with Crippen molar-refractivity contribution in [1.29, 1.82) is 0 Å². The summed E-state index contributed by atoms with van der Waals surface area (Å²) in [4.78, 5) is 11.7. The Morgan fingerprint density at radius 2 is 2.29 bits per heavy atom. The fourth-order valence-corrected chi connectivity index (χ4v) is 4.06. The third kappa shape index (κ3) is 2.97. The van der Waals surface area contributed by atoms with Crippen molar-refractivity contribution >= 4 is 17.3 Å². The lowest BCUT2D eigenvalue weighted by molar-refractivity contribution is 0.0284. The lowest BCUT2D eigenvalue weighted by Gasteiger charge is -2.26. The van der Waals surface area contributed by atoms with Crippen LogP contribution in [-0.4, -0.2) is 67.8 Å². The molecule has 9 nitrogen and oxygen atoms in total. The molecule has 28 heavy (non-hydrogen) atoms. The highest BCUT2D eigenvalue weighted by Gasteiger charge is 2.30. The fraction of sp³-hybridized carbons (Fsp3) is 0.556. The van der Waals surface area contributed by atoms with E-state index >= 15 is 0 Å². The second-order valence-corrected chi connectivity index (χ2v) is 7.45. The first kappa shape index (κ1) is 17.4. The zero-order chi connectivity index (χ0) is 19.1. The number of ether oxygens (including phenoxy) is 1. The molecule has 3 aromatic rings. The van der Waals surface area contributed by atoms with Crippen molar-refractivity contribution in [3.63, 3.8) is 0 Å². The Labute approximate surface area is 161 Å². The fourth-order valence-electron chi connectivity index (χ4n) is 4.06. The minimum Gasteiger partial charge on any atom is -0.378 e. The number of aromatic amines is 1. The molecular formula is C18H23FN8O. The van der Waals surface area contributed by atoms with Gasteiger partial charge in [0, 0.05) is 31.0 Å². The molecule has 148 valence electrons. The molecule has 10 heteroatoms. The van der Waals surface area contributed by atoms with E-state index in [1.54, 1.807) is 17.0 Å². The van der Waals surface area contributed by atoms with E-state index < -0.39 is 6.17 Å². The Kier molecular flexibility index (Phi) is 4.34. The Balaban J connectivity index is 1.58. The molecule has 2 N–H and O–H groups in total. The van der Waals surface area contributed by atoms with Gasteiger partial charge in [0.2, 0.25) is 5.95 Å². The van der Waals surface area contributed by atoms with Gasteiger partial charge in [0.15, 0.2) is 5.65 Å². The zero-order valence-electron chi connectivity index (χ0n) is 15.7. The Bertz CT molecular complexity index is 958. The van der Waals surface area contributed by atoms with Crippen molar-refractivity contribution in [3.05, 3.63) is 18.7 Å². The second-order valence-electron chi connectivity index (χ2n) is 7.45. The molecule has 5 rings (SSSR count). The summed E-state index contributed by atoms with van der Waals surface area (Å²) in [5.41, 5.74) is 3.38. The van der Waals surface area contributed by atoms with Gasteiger partial charge in [-0.15, -0.1) is 5.10 Å². The number of nitrogens with zero attached hydrogens (tertiary/aromatic N) is 6. The van der Waals surface area contributed by atoms with Gasteiger partial charge >= 0.3 is 0 Å². The number of rotatable bonds is 4. The molecule has 0 saturated carbocycles. The summed E-state index contributed by atoms with van der Waals surface area (Å²) in [7, 11) is 0. The number of fused-ring (bicyclic) bond motifs is 1. The topological polar surface area (TPSA) is 96.3 Å². The first-order valence-corrected chi connectivity index (χ1v) is 9.70. The van der Waals surface area contributed by atoms with Gasteiger partial charge in [0.25, 0.3) is 0 Å². The van der Waals surface area contributed by atoms with Crippen molar-refractivity contribution < 1.29 is 9.13 Å². The van der Waals surface area contributed by atoms with Crippen molar-refractivity contribution in [2.24, 2.45) is 0 Å². The number of alkyl halides is 1. The van der Waals surface area contributed by atoms with Crippen LogP contribution in [0, 0.1) is 0 Å². The van der Waals surface area contributed by atoms with Crippen LogP contribution < -0.4 is 10.2 Å². The van der Waals surface area contributed by atoms with Crippen LogP contribution in [0.25, 0.3) is 16.9 Å². The Morgan fingerprint density at radius 3 is 3.04 bits per heavy atom. The average molecular weight is 386 g/mol. The second kappa shape index (κ2) is 7.01. The third-order valence-corrected chi connectivity index (χ3v) is 5.58. The molecular weight excluding hydrogens is 363 g/mol. The van der Waals surface area contributed by atoms with Gasteiger partial charge in [-0.2, -0.15) is 14.6 Å². The van der Waals surface area contributed by atoms with Crippen molar-refractivity contribution in [2.75, 3.05) is 30.0 Å². The number of anilines is 2. The van der Waals surface area contributed by atoms with Gasteiger partial charge in [0.1, 0.15) is 23.9 Å². The minimum atomic E-state index is -1.07. The molecule has 2 saturated heterocycles. The molecule has 2 fully saturated rings. The lowest BCUT2D eigenvalue weighted by atomic mass is 10.1. The number of hydrogen-bond donors (Lipinski definition) is 2. The summed E-state index contributed by atoms with van der Waals surface area (Å²) >= 11 is 0. The van der Waals surface area contributed by atoms with Crippen LogP contribution in [0.1, 0.15) is 26.2 Å². The highest BCUT2D eigenvalue weighted by Crippen LogP contribution is 2.36. The molecule has 3 aromatic heterocycles. The van der Waals surface area contributed by atoms with E-state index in [4.69, 9.17) is 9.72 Å². The summed E-state index contributed by atoms with van der Waals surface area (Å²) in [6, 6.07) is 0.0408. The summed E-state index contributed by atoms with van der Waals surface area (Å²) in [6.07, 6.45) is 7.00. The zero-order valence-corrected chi connectivity index (χ0v) is 15.7. The number of hydrogen-bond acceptors (Lipinski definition) is 7. The molecule has 0 radical (unpaired) electrons. The van der Waals surface area contributed by atoms with E-state index in [1.807, 2.05) is 6.20 Å². The van der Waals surface area contributed by atoms with Gasteiger partial charge in [-0.25, -0.2) is 9.37 Å². The molecule has 0 aromatic carbocycles. The molecule has 0 amide bonds. The van der Waals surface area contributed by atoms with Crippen molar-refractivity contribution in [2.45, 2.75) is 44.4 Å². The number of halogens is 1. The quantitative estimate of drug-likeness (QED) is 0.708. The van der Waals surface area contributed by atoms with Crippen molar-refractivity contribution in [1.82, 2.24) is 29.8 Å². The molecule has 2 aliphatic rings. The molecule has 3 atom stereocenters. The van der Waals surface area contributed by atoms with Crippen LogP contribution in [0.5, 0.6) is 0 Å². The highest BCUT2D eigenvalue weighted by atomic mass is 19.1. The molecule has 0 bridgehead atoms. The third-order valence-electron chi connectivity index (χ3n) is 5.58. The van der Waals surface area contributed by atoms with E-state index in [2.05, 4.69) is 37.4 Å². The number of H-pyrrole nitrogens is 1. The summed E-state index contributed by atoms with van der Waals surface area (Å²) in [6.45, 7) is 3.79. The maximum absolute atomic E-state index is 14.1. The monoisotopic (exact) mass is 386 g/mol. The molecule has 2 aliphatic heterocycles. The first-order chi connectivity index (χ1) is 13.7. The van der Waals surface area contributed by atoms with Gasteiger partial charge < -0.3 is 15.0 Å². The Hall–Kier alpha value is -2.75. The predicted molar refractivity (Wildman–Crippen MR) is 102 cm³/mol. The van der Waals surface area contributed by atoms with Crippen LogP contribution in [0.4, 0.5) is 16.0 Å². The largest absolute Gasteiger partial charge is 0.378 e. The molecule has 1 unspecified atom stereocenters. The maximum atomic E-state index is 14.1. The van der Waals surface area contributed by atoms with E-state index in [9.17, 15) is 4.39 Å². The van der Waals surface area contributed by atoms with E-state index in [0.29, 0.717) is 30.7 Å². The van der Waals surface area contributed by atoms with Crippen LogP contribution in [0.15, 0.2) is 18.7 Å². The van der Waals surface area contributed by atoms with Crippen LogP contribution >= 0.6 is 0 Å². The Morgan fingerprint density at radius 1 is 1.36 bits per heavy atom. The SMILES string of the molecule is CC1CCCN1c1c(-c2cn[nH]c2)ncn2nc(N[C@H]3CCOC[C@H]3F)nc12. The standard InChI is InChI=1S/C18H23FN8O/c1-11-3-2-5-26(11)16-15(12-7-21-22-8-12)20-10-27-17(16)24-18(25-27)23-14-4-6-28-9-13(14)19/h7-8,10-11,13-14H,2-6,9H2,1H3,(H,21,22)(H,23,25)/t11?,13-,14+/m1/s1. The average Bonchev–Trinajstić information content (AvgIpc) is 3.43. The van der Waals surface area contributed by atoms with Gasteiger partial charge in [-0.05, 0) is 26.2 Å². The van der Waals surface area contributed by atoms with Gasteiger partial charge in [0.05, 0.1) is 18.8 Å². The summed E-state index contributed by atoms with van der Waals surface area (Å²) < 4.78 is 21.0. The van der Waals surface area contributed by atoms with Crippen LogP contribution in [0.2, 0.25) is 0 Å². The van der Waals surface area contributed by atoms with Crippen molar-refractivity contribution in [3.8, 4) is 11.3 Å². The maximum Gasteiger partial charge on any atom is 0.243 e. The van der Waals surface area contributed by atoms with Crippen LogP contribution in [0.3, 0.4) is 0 Å².